The Morgan fingerprint density at radius 3 is 2.80 bits per heavy atom. The fourth-order valence-electron chi connectivity index (χ4n) is 1.83. The summed E-state index contributed by atoms with van der Waals surface area (Å²) in [5.41, 5.74) is 1.17. The Balaban J connectivity index is 2.22. The van der Waals surface area contributed by atoms with E-state index in [1.165, 1.54) is 12.4 Å². The van der Waals surface area contributed by atoms with Crippen molar-refractivity contribution < 1.29 is 8.42 Å². The van der Waals surface area contributed by atoms with Crippen molar-refractivity contribution in [3.8, 4) is 0 Å². The summed E-state index contributed by atoms with van der Waals surface area (Å²) in [6, 6.07) is 6.96. The van der Waals surface area contributed by atoms with Gasteiger partial charge in [-0.05, 0) is 24.6 Å². The highest BCUT2D eigenvalue weighted by atomic mass is 32.2. The molecule has 0 aliphatic carbocycles. The van der Waals surface area contributed by atoms with Crippen molar-refractivity contribution in [2.75, 3.05) is 11.3 Å². The Kier molecular flexibility index (Phi) is 4.75. The van der Waals surface area contributed by atoms with E-state index >= 15 is 0 Å². The minimum Gasteiger partial charge on any atom is -0.313 e. The third kappa shape index (κ3) is 3.58. The number of sulfonamides is 1. The van der Waals surface area contributed by atoms with E-state index in [-0.39, 0.29) is 4.90 Å². The van der Waals surface area contributed by atoms with Crippen LogP contribution in [0.4, 0.5) is 5.69 Å². The molecule has 0 fully saturated rings. The zero-order chi connectivity index (χ0) is 14.4. The predicted molar refractivity (Wildman–Crippen MR) is 77.8 cm³/mol. The van der Waals surface area contributed by atoms with Crippen molar-refractivity contribution in [3.05, 3.63) is 42.2 Å². The molecule has 2 aromatic rings. The number of aromatic nitrogens is 2. The zero-order valence-electron chi connectivity index (χ0n) is 11.3. The lowest BCUT2D eigenvalue weighted by atomic mass is 10.2. The average Bonchev–Trinajstić information content (AvgIpc) is 2.91. The highest BCUT2D eigenvalue weighted by Crippen LogP contribution is 2.18. The highest BCUT2D eigenvalue weighted by molar-refractivity contribution is 7.92. The first-order chi connectivity index (χ1) is 9.63. The van der Waals surface area contributed by atoms with E-state index in [1.54, 1.807) is 12.1 Å². The Morgan fingerprint density at radius 1 is 1.30 bits per heavy atom. The molecule has 0 spiro atoms. The first kappa shape index (κ1) is 14.5. The number of nitrogens with zero attached hydrogens (tertiary/aromatic N) is 1. The summed E-state index contributed by atoms with van der Waals surface area (Å²) >= 11 is 0. The van der Waals surface area contributed by atoms with E-state index in [1.807, 2.05) is 12.1 Å². The van der Waals surface area contributed by atoms with Crippen LogP contribution in [0.15, 0.2) is 41.6 Å². The van der Waals surface area contributed by atoms with E-state index in [2.05, 4.69) is 27.2 Å². The lowest BCUT2D eigenvalue weighted by Gasteiger charge is -2.11. The van der Waals surface area contributed by atoms with Gasteiger partial charge in [0.15, 0.2) is 0 Å². The summed E-state index contributed by atoms with van der Waals surface area (Å²) in [5.74, 6) is 0. The SMILES string of the molecule is CCCNCc1ccccc1S(=O)(=O)Nc1cn[nH]c1. The van der Waals surface area contributed by atoms with Gasteiger partial charge in [-0.2, -0.15) is 5.10 Å². The van der Waals surface area contributed by atoms with E-state index in [0.717, 1.165) is 18.5 Å². The second kappa shape index (κ2) is 6.53. The van der Waals surface area contributed by atoms with Crippen LogP contribution in [-0.2, 0) is 16.6 Å². The van der Waals surface area contributed by atoms with Gasteiger partial charge in [0, 0.05) is 12.7 Å². The molecule has 3 N–H and O–H groups in total. The van der Waals surface area contributed by atoms with Gasteiger partial charge >= 0.3 is 0 Å². The van der Waals surface area contributed by atoms with Gasteiger partial charge in [-0.1, -0.05) is 25.1 Å². The third-order valence-electron chi connectivity index (χ3n) is 2.75. The van der Waals surface area contributed by atoms with Crippen molar-refractivity contribution >= 4 is 15.7 Å². The molecular weight excluding hydrogens is 276 g/mol. The van der Waals surface area contributed by atoms with Crippen LogP contribution in [0.5, 0.6) is 0 Å². The molecule has 0 saturated heterocycles. The molecule has 6 nitrogen and oxygen atoms in total. The van der Waals surface area contributed by atoms with Crippen LogP contribution < -0.4 is 10.0 Å². The van der Waals surface area contributed by atoms with Gasteiger partial charge in [-0.25, -0.2) is 8.42 Å². The van der Waals surface area contributed by atoms with Crippen LogP contribution in [0.3, 0.4) is 0 Å². The maximum Gasteiger partial charge on any atom is 0.262 e. The van der Waals surface area contributed by atoms with Gasteiger partial charge in [-0.15, -0.1) is 0 Å². The molecule has 0 atom stereocenters. The summed E-state index contributed by atoms with van der Waals surface area (Å²) < 4.78 is 27.2. The quantitative estimate of drug-likeness (QED) is 0.678. The fraction of sp³-hybridized carbons (Fsp3) is 0.308. The molecule has 2 rings (SSSR count). The van der Waals surface area contributed by atoms with Gasteiger partial charge in [-0.3, -0.25) is 9.82 Å². The molecule has 0 radical (unpaired) electrons. The topological polar surface area (TPSA) is 86.9 Å². The molecule has 20 heavy (non-hydrogen) atoms. The standard InChI is InChI=1S/C13H18N4O2S/c1-2-7-14-8-11-5-3-4-6-13(11)20(18,19)17-12-9-15-16-10-12/h3-6,9-10,14,17H,2,7-8H2,1H3,(H,15,16). The van der Waals surface area contributed by atoms with Crippen LogP contribution in [0.25, 0.3) is 0 Å². The summed E-state index contributed by atoms with van der Waals surface area (Å²) in [6.07, 6.45) is 3.92. The highest BCUT2D eigenvalue weighted by Gasteiger charge is 2.18. The maximum absolute atomic E-state index is 12.4. The van der Waals surface area contributed by atoms with Crippen LogP contribution >= 0.6 is 0 Å². The summed E-state index contributed by atoms with van der Waals surface area (Å²) in [4.78, 5) is 0.282. The molecule has 0 amide bonds. The van der Waals surface area contributed by atoms with Gasteiger partial charge in [0.25, 0.3) is 10.0 Å². The largest absolute Gasteiger partial charge is 0.313 e. The minimum atomic E-state index is -3.60. The maximum atomic E-state index is 12.4. The molecule has 108 valence electrons. The van der Waals surface area contributed by atoms with Gasteiger partial charge < -0.3 is 5.32 Å². The van der Waals surface area contributed by atoms with Crippen LogP contribution in [-0.4, -0.2) is 25.2 Å². The van der Waals surface area contributed by atoms with E-state index in [9.17, 15) is 8.42 Å². The number of aromatic amines is 1. The van der Waals surface area contributed by atoms with Crippen LogP contribution in [0, 0.1) is 0 Å². The van der Waals surface area contributed by atoms with Crippen LogP contribution in [0.2, 0.25) is 0 Å². The molecular formula is C13H18N4O2S. The number of anilines is 1. The Morgan fingerprint density at radius 2 is 2.10 bits per heavy atom. The number of hydrogen-bond donors (Lipinski definition) is 3. The molecule has 1 aromatic heterocycles. The molecule has 0 saturated carbocycles. The van der Waals surface area contributed by atoms with Gasteiger partial charge in [0.05, 0.1) is 16.8 Å². The van der Waals surface area contributed by atoms with Gasteiger partial charge in [0.2, 0.25) is 0 Å². The summed E-state index contributed by atoms with van der Waals surface area (Å²) in [7, 11) is -3.60. The second-order valence-electron chi connectivity index (χ2n) is 4.38. The summed E-state index contributed by atoms with van der Waals surface area (Å²) in [5, 5.41) is 9.50. The monoisotopic (exact) mass is 294 g/mol. The first-order valence-electron chi connectivity index (χ1n) is 6.43. The molecule has 0 bridgehead atoms. The number of benzene rings is 1. The Hall–Kier alpha value is -1.86. The number of nitrogens with one attached hydrogen (secondary N) is 3. The second-order valence-corrected chi connectivity index (χ2v) is 6.03. The smallest absolute Gasteiger partial charge is 0.262 e. The van der Waals surface area contributed by atoms with Gasteiger partial charge in [0.1, 0.15) is 0 Å². The Bertz CT molecular complexity index is 638. The lowest BCUT2D eigenvalue weighted by Crippen LogP contribution is -2.19. The molecule has 0 aliphatic rings. The third-order valence-corrected chi connectivity index (χ3v) is 4.24. The van der Waals surface area contributed by atoms with Crippen LogP contribution in [0.1, 0.15) is 18.9 Å². The van der Waals surface area contributed by atoms with E-state index in [0.29, 0.717) is 12.2 Å². The normalized spacial score (nSPS) is 11.4. The van der Waals surface area contributed by atoms with Crippen molar-refractivity contribution in [2.45, 2.75) is 24.8 Å². The first-order valence-corrected chi connectivity index (χ1v) is 7.92. The van der Waals surface area contributed by atoms with Crippen molar-refractivity contribution in [1.82, 2.24) is 15.5 Å². The molecule has 1 heterocycles. The number of hydrogen-bond acceptors (Lipinski definition) is 4. The Labute approximate surface area is 118 Å². The molecule has 1 aromatic carbocycles. The number of H-pyrrole nitrogens is 1. The molecule has 0 unspecified atom stereocenters. The van der Waals surface area contributed by atoms with Crippen molar-refractivity contribution in [3.63, 3.8) is 0 Å². The average molecular weight is 294 g/mol. The zero-order valence-corrected chi connectivity index (χ0v) is 12.1. The van der Waals surface area contributed by atoms with E-state index < -0.39 is 10.0 Å². The lowest BCUT2D eigenvalue weighted by molar-refractivity contribution is 0.597. The van der Waals surface area contributed by atoms with E-state index in [4.69, 9.17) is 0 Å². The molecule has 7 heteroatoms. The summed E-state index contributed by atoms with van der Waals surface area (Å²) in [6.45, 7) is 3.44. The van der Waals surface area contributed by atoms with Crippen molar-refractivity contribution in [2.24, 2.45) is 0 Å². The minimum absolute atomic E-state index is 0.282. The van der Waals surface area contributed by atoms with Crippen molar-refractivity contribution in [1.29, 1.82) is 0 Å². The fourth-order valence-corrected chi connectivity index (χ4v) is 3.10. The number of rotatable bonds is 7. The predicted octanol–water partition coefficient (Wildman–Crippen LogP) is 1.71. The molecule has 0 aliphatic heterocycles.